The molecule has 5 heteroatoms. The van der Waals surface area contributed by atoms with E-state index in [1.54, 1.807) is 22.7 Å². The maximum Gasteiger partial charge on any atom is 0.127 e. The van der Waals surface area contributed by atoms with Gasteiger partial charge >= 0.3 is 0 Å². The van der Waals surface area contributed by atoms with Crippen LogP contribution in [-0.4, -0.2) is 15.2 Å². The minimum absolute atomic E-state index is 0.313. The van der Waals surface area contributed by atoms with E-state index >= 15 is 0 Å². The highest BCUT2D eigenvalue weighted by Crippen LogP contribution is 2.54. The summed E-state index contributed by atoms with van der Waals surface area (Å²) in [4.78, 5) is 7.47. The molecule has 4 aromatic carbocycles. The van der Waals surface area contributed by atoms with Crippen LogP contribution in [0, 0.1) is 13.8 Å². The highest BCUT2D eigenvalue weighted by atomic mass is 32.1. The van der Waals surface area contributed by atoms with Crippen molar-refractivity contribution in [2.24, 2.45) is 0 Å². The number of hydrogen-bond acceptors (Lipinski definition) is 5. The number of pyridine rings is 1. The van der Waals surface area contributed by atoms with Crippen molar-refractivity contribution < 1.29 is 10.2 Å². The first kappa shape index (κ1) is 29.9. The number of phenolic OH excluding ortho intramolecular Hbond substituents is 2. The van der Waals surface area contributed by atoms with Crippen LogP contribution in [0.15, 0.2) is 91.0 Å². The van der Waals surface area contributed by atoms with Gasteiger partial charge in [-0.1, -0.05) is 82.3 Å². The Bertz CT molecular complexity index is 2230. The first-order valence-corrected chi connectivity index (χ1v) is 17.8. The number of aryl methyl sites for hydroxylation is 2. The van der Waals surface area contributed by atoms with E-state index in [4.69, 9.17) is 4.98 Å². The van der Waals surface area contributed by atoms with Crippen LogP contribution < -0.4 is 0 Å². The van der Waals surface area contributed by atoms with Gasteiger partial charge in [-0.25, -0.2) is 4.98 Å². The van der Waals surface area contributed by atoms with Gasteiger partial charge in [0.1, 0.15) is 11.5 Å². The maximum absolute atomic E-state index is 12.2. The number of aromatic hydroxyl groups is 2. The van der Waals surface area contributed by atoms with Crippen molar-refractivity contribution in [3.05, 3.63) is 113 Å². The van der Waals surface area contributed by atoms with E-state index < -0.39 is 10.8 Å². The second kappa shape index (κ2) is 10.5. The zero-order chi connectivity index (χ0) is 32.8. The van der Waals surface area contributed by atoms with Crippen molar-refractivity contribution in [2.75, 3.05) is 0 Å². The van der Waals surface area contributed by atoms with Gasteiger partial charge in [0.05, 0.1) is 11.4 Å². The minimum atomic E-state index is -0.417. The molecule has 47 heavy (non-hydrogen) atoms. The van der Waals surface area contributed by atoms with Crippen molar-refractivity contribution in [3.8, 4) is 54.9 Å². The van der Waals surface area contributed by atoms with Gasteiger partial charge in [0, 0.05) is 63.3 Å². The van der Waals surface area contributed by atoms with Crippen molar-refractivity contribution in [1.29, 1.82) is 0 Å². The van der Waals surface area contributed by atoms with Gasteiger partial charge in [0.15, 0.2) is 0 Å². The molecular weight excluding hydrogens is 615 g/mol. The van der Waals surface area contributed by atoms with Gasteiger partial charge in [0.25, 0.3) is 0 Å². The van der Waals surface area contributed by atoms with Crippen molar-refractivity contribution in [3.63, 3.8) is 0 Å². The highest BCUT2D eigenvalue weighted by Gasteiger charge is 2.37. The predicted octanol–water partition coefficient (Wildman–Crippen LogP) is 12.2. The highest BCUT2D eigenvalue weighted by molar-refractivity contribution is 7.23. The Labute approximate surface area is 283 Å². The molecular formula is C42H37NO2S2. The summed E-state index contributed by atoms with van der Waals surface area (Å²) in [5.41, 5.74) is 8.65. The average Bonchev–Trinajstić information content (AvgIpc) is 3.61. The molecule has 0 unspecified atom stereocenters. The molecule has 0 aliphatic carbocycles. The maximum atomic E-state index is 12.2. The first-order chi connectivity index (χ1) is 22.4. The van der Waals surface area contributed by atoms with Gasteiger partial charge in [-0.15, -0.1) is 22.7 Å². The summed E-state index contributed by atoms with van der Waals surface area (Å²) in [5, 5.41) is 26.7. The van der Waals surface area contributed by atoms with Crippen LogP contribution in [0.1, 0.15) is 56.4 Å². The summed E-state index contributed by atoms with van der Waals surface area (Å²) in [7, 11) is 0. The zero-order valence-corrected chi connectivity index (χ0v) is 29.2. The van der Waals surface area contributed by atoms with E-state index in [9.17, 15) is 10.2 Å². The Kier molecular flexibility index (Phi) is 6.70. The summed E-state index contributed by atoms with van der Waals surface area (Å²) in [6.07, 6.45) is 0.714. The van der Waals surface area contributed by atoms with Crippen LogP contribution in [-0.2, 0) is 10.8 Å². The van der Waals surface area contributed by atoms with Crippen LogP contribution in [0.3, 0.4) is 0 Å². The molecule has 0 spiro atoms. The monoisotopic (exact) mass is 651 g/mol. The Morgan fingerprint density at radius 1 is 0.574 bits per heavy atom. The molecule has 7 aromatic rings. The molecule has 0 radical (unpaired) electrons. The van der Waals surface area contributed by atoms with Crippen LogP contribution in [0.25, 0.3) is 63.6 Å². The molecule has 234 valence electrons. The fraction of sp³-hybridized carbons (Fsp3) is 0.214. The third-order valence-electron chi connectivity index (χ3n) is 9.79. The normalized spacial score (nSPS) is 15.0. The van der Waals surface area contributed by atoms with Crippen LogP contribution >= 0.6 is 22.7 Å². The Morgan fingerprint density at radius 3 is 1.45 bits per heavy atom. The fourth-order valence-electron chi connectivity index (χ4n) is 7.92. The smallest absolute Gasteiger partial charge is 0.127 e. The van der Waals surface area contributed by atoms with Crippen LogP contribution in [0.5, 0.6) is 11.5 Å². The molecule has 3 aromatic heterocycles. The zero-order valence-electron chi connectivity index (χ0n) is 27.5. The summed E-state index contributed by atoms with van der Waals surface area (Å²) in [6, 6.07) is 31.7. The minimum Gasteiger partial charge on any atom is -0.507 e. The molecule has 1 aliphatic rings. The van der Waals surface area contributed by atoms with Gasteiger partial charge < -0.3 is 10.2 Å². The molecule has 1 aliphatic heterocycles. The number of nitrogens with zero attached hydrogens (tertiary/aromatic N) is 1. The number of rotatable bonds is 0. The van der Waals surface area contributed by atoms with Crippen molar-refractivity contribution >= 4 is 42.8 Å². The summed E-state index contributed by atoms with van der Waals surface area (Å²) in [5.74, 6) is 0.625. The van der Waals surface area contributed by atoms with E-state index in [-0.39, 0.29) is 0 Å². The number of phenols is 2. The lowest BCUT2D eigenvalue weighted by atomic mass is 9.67. The Morgan fingerprint density at radius 2 is 1.00 bits per heavy atom. The van der Waals surface area contributed by atoms with Gasteiger partial charge in [-0.2, -0.15) is 0 Å². The Balaban J connectivity index is 1.55. The summed E-state index contributed by atoms with van der Waals surface area (Å²) in [6.45, 7) is 13.1. The third-order valence-corrected chi connectivity index (χ3v) is 12.2. The van der Waals surface area contributed by atoms with E-state index in [2.05, 4.69) is 133 Å². The molecule has 2 N–H and O–H groups in total. The molecule has 0 atom stereocenters. The lowest BCUT2D eigenvalue weighted by Gasteiger charge is -2.37. The molecule has 0 saturated heterocycles. The molecule has 8 rings (SSSR count). The van der Waals surface area contributed by atoms with Gasteiger partial charge in [-0.05, 0) is 78.6 Å². The first-order valence-electron chi connectivity index (χ1n) is 16.1. The van der Waals surface area contributed by atoms with E-state index in [0.29, 0.717) is 17.9 Å². The second-order valence-corrected chi connectivity index (χ2v) is 16.5. The largest absolute Gasteiger partial charge is 0.507 e. The number of fused-ring (bicyclic) bond motifs is 16. The van der Waals surface area contributed by atoms with Gasteiger partial charge in [-0.3, -0.25) is 0 Å². The van der Waals surface area contributed by atoms with Gasteiger partial charge in [0.2, 0.25) is 0 Å². The number of benzene rings is 4. The number of thiophene rings is 2. The fourth-order valence-corrected chi connectivity index (χ4v) is 10.4. The lowest BCUT2D eigenvalue weighted by molar-refractivity contribution is 0.328. The van der Waals surface area contributed by atoms with E-state index in [1.165, 1.54) is 0 Å². The molecule has 3 nitrogen and oxygen atoms in total. The topological polar surface area (TPSA) is 53.4 Å². The van der Waals surface area contributed by atoms with E-state index in [1.807, 2.05) is 0 Å². The second-order valence-electron chi connectivity index (χ2n) is 14.4. The summed E-state index contributed by atoms with van der Waals surface area (Å²) < 4.78 is 2.31. The quantitative estimate of drug-likeness (QED) is 0.172. The number of hydrogen-bond donors (Lipinski definition) is 2. The summed E-state index contributed by atoms with van der Waals surface area (Å²) >= 11 is 3.42. The predicted molar refractivity (Wildman–Crippen MR) is 200 cm³/mol. The molecule has 0 amide bonds. The number of aromatic nitrogens is 1. The molecule has 0 fully saturated rings. The molecule has 6 bridgehead atoms. The molecule has 0 saturated carbocycles. The SMILES string of the molecule is Cc1cc2c(O)c(c1)C(C)(C)CC(C)(C)c1cc(C)cc(c1O)-c1sc3ccccc3c1-c1cccc(n1)-c1c-2sc2ccccc12. The van der Waals surface area contributed by atoms with E-state index in [0.717, 1.165) is 85.8 Å². The van der Waals surface area contributed by atoms with Crippen molar-refractivity contribution in [2.45, 2.75) is 58.8 Å². The lowest BCUT2D eigenvalue weighted by Crippen LogP contribution is -2.30. The van der Waals surface area contributed by atoms with Crippen molar-refractivity contribution in [1.82, 2.24) is 4.98 Å². The molecule has 4 heterocycles. The van der Waals surface area contributed by atoms with Crippen LogP contribution in [0.2, 0.25) is 0 Å². The van der Waals surface area contributed by atoms with Crippen LogP contribution in [0.4, 0.5) is 0 Å². The Hall–Kier alpha value is -4.45. The average molecular weight is 652 g/mol. The third kappa shape index (κ3) is 4.70. The standard InChI is InChI=1S/C42H37NO2S2/c1-23-18-27-37(44)29(20-23)41(3,4)22-42(5,6)30-21-24(2)19-28(38(30)45)40-36(26-13-8-10-17-34(26)47-40)32-15-11-14-31(43-32)35-25-12-7-9-16-33(25)46-39(27)35/h7-21,44-45H,22H2,1-6H3.